The minimum Gasteiger partial charge on any atom is -0.493 e. The summed E-state index contributed by atoms with van der Waals surface area (Å²) in [6.45, 7) is 3.43. The lowest BCUT2D eigenvalue weighted by molar-refractivity contribution is -0.118. The summed E-state index contributed by atoms with van der Waals surface area (Å²) in [7, 11) is 3.21. The highest BCUT2D eigenvalue weighted by Gasteiger charge is 2.25. The van der Waals surface area contributed by atoms with E-state index in [1.54, 1.807) is 14.2 Å². The Labute approximate surface area is 259 Å². The third-order valence-corrected chi connectivity index (χ3v) is 7.09. The number of hydrogen-bond acceptors (Lipinski definition) is 12. The quantitative estimate of drug-likeness (QED) is 0.381. The molecule has 0 amide bonds. The Balaban J connectivity index is 1.56. The summed E-state index contributed by atoms with van der Waals surface area (Å²) in [6, 6.07) is 14.9. The molecule has 0 aliphatic carbocycles. The summed E-state index contributed by atoms with van der Waals surface area (Å²) in [5.41, 5.74) is 0. The molecule has 3 rings (SSSR count). The summed E-state index contributed by atoms with van der Waals surface area (Å²) >= 11 is 8.99. The lowest BCUT2D eigenvalue weighted by Gasteiger charge is -2.28. The van der Waals surface area contributed by atoms with Crippen LogP contribution in [-0.4, -0.2) is 116 Å². The maximum Gasteiger partial charge on any atom is 0.161 e. The third-order valence-electron chi connectivity index (χ3n) is 6.37. The van der Waals surface area contributed by atoms with E-state index in [1.165, 1.54) is 0 Å². The molecule has 1 fully saturated rings. The van der Waals surface area contributed by atoms with Gasteiger partial charge in [-0.1, -0.05) is 24.3 Å². The molecule has 1 saturated heterocycles. The zero-order chi connectivity index (χ0) is 29.8. The van der Waals surface area contributed by atoms with Crippen LogP contribution in [0.5, 0.6) is 23.0 Å². The predicted molar refractivity (Wildman–Crippen MR) is 165 cm³/mol. The van der Waals surface area contributed by atoms with E-state index < -0.39 is 0 Å². The number of thiol groups is 2. The number of hydrogen-bond donors (Lipinski definition) is 2. The van der Waals surface area contributed by atoms with Crippen molar-refractivity contribution in [3.05, 3.63) is 48.5 Å². The molecule has 10 nitrogen and oxygen atoms in total. The van der Waals surface area contributed by atoms with Crippen LogP contribution in [0.15, 0.2) is 48.5 Å². The second-order valence-electron chi connectivity index (χ2n) is 9.15. The van der Waals surface area contributed by atoms with E-state index in [4.69, 9.17) is 47.4 Å². The van der Waals surface area contributed by atoms with Crippen molar-refractivity contribution < 1.29 is 47.4 Å². The molecule has 4 atom stereocenters. The molecule has 0 spiro atoms. The van der Waals surface area contributed by atoms with Gasteiger partial charge in [0.2, 0.25) is 0 Å². The second-order valence-corrected chi connectivity index (χ2v) is 9.88. The van der Waals surface area contributed by atoms with Crippen molar-refractivity contribution in [3.63, 3.8) is 0 Å². The second kappa shape index (κ2) is 20.9. The van der Waals surface area contributed by atoms with Gasteiger partial charge in [0.25, 0.3) is 0 Å². The van der Waals surface area contributed by atoms with Crippen molar-refractivity contribution in [2.75, 3.05) is 91.8 Å². The summed E-state index contributed by atoms with van der Waals surface area (Å²) < 4.78 is 58.8. The van der Waals surface area contributed by atoms with Crippen LogP contribution >= 0.6 is 25.3 Å². The van der Waals surface area contributed by atoms with Crippen LogP contribution in [0.3, 0.4) is 0 Å². The van der Waals surface area contributed by atoms with Gasteiger partial charge in [0.05, 0.1) is 79.3 Å². The van der Waals surface area contributed by atoms with Crippen LogP contribution in [0.4, 0.5) is 0 Å². The number of benzene rings is 2. The van der Waals surface area contributed by atoms with Gasteiger partial charge >= 0.3 is 0 Å². The summed E-state index contributed by atoms with van der Waals surface area (Å²) in [5.74, 6) is 3.43. The van der Waals surface area contributed by atoms with Crippen molar-refractivity contribution in [2.45, 2.75) is 24.4 Å². The Morgan fingerprint density at radius 2 is 0.857 bits per heavy atom. The van der Waals surface area contributed by atoms with Crippen LogP contribution in [-0.2, 0) is 28.4 Å². The van der Waals surface area contributed by atoms with Crippen molar-refractivity contribution in [3.8, 4) is 23.0 Å². The van der Waals surface area contributed by atoms with Gasteiger partial charge in [-0.05, 0) is 24.3 Å². The average Bonchev–Trinajstić information content (AvgIpc) is 3.03. The zero-order valence-corrected chi connectivity index (χ0v) is 26.2. The maximum atomic E-state index is 6.13. The molecular weight excluding hydrogens is 584 g/mol. The van der Waals surface area contributed by atoms with Gasteiger partial charge in [-0.3, -0.25) is 0 Å². The van der Waals surface area contributed by atoms with Crippen molar-refractivity contribution in [1.82, 2.24) is 0 Å². The molecule has 2 aromatic carbocycles. The SMILES string of the molecule is COc1ccccc1OC[C@@H]1OCCOCCO[C@@H](CS)[C@H](COc2ccccc2OC)OCCOCCO[C@H]1CS. The fourth-order valence-electron chi connectivity index (χ4n) is 4.14. The topological polar surface area (TPSA) is 92.3 Å². The molecule has 1 aliphatic heterocycles. The van der Waals surface area contributed by atoms with E-state index in [0.717, 1.165) is 0 Å². The minimum absolute atomic E-state index is 0.255. The average molecular weight is 629 g/mol. The van der Waals surface area contributed by atoms with Gasteiger partial charge in [-0.15, -0.1) is 0 Å². The van der Waals surface area contributed by atoms with Gasteiger partial charge in [0, 0.05) is 11.5 Å². The van der Waals surface area contributed by atoms with Gasteiger partial charge in [0.15, 0.2) is 23.0 Å². The normalized spacial score (nSPS) is 23.7. The molecule has 0 saturated carbocycles. The molecule has 12 heteroatoms. The lowest BCUT2D eigenvalue weighted by Crippen LogP contribution is -2.40. The number of para-hydroxylation sites is 4. The molecule has 2 aromatic rings. The minimum atomic E-state index is -0.382. The monoisotopic (exact) mass is 628 g/mol. The largest absolute Gasteiger partial charge is 0.493 e. The molecule has 0 radical (unpaired) electrons. The predicted octanol–water partition coefficient (Wildman–Crippen LogP) is 3.61. The smallest absolute Gasteiger partial charge is 0.161 e. The summed E-state index contributed by atoms with van der Waals surface area (Å²) in [5, 5.41) is 0. The van der Waals surface area contributed by atoms with E-state index in [0.29, 0.717) is 87.4 Å². The van der Waals surface area contributed by atoms with Crippen molar-refractivity contribution >= 4 is 25.3 Å². The fourth-order valence-corrected chi connectivity index (χ4v) is 4.82. The Morgan fingerprint density at radius 1 is 0.524 bits per heavy atom. The van der Waals surface area contributed by atoms with E-state index in [2.05, 4.69) is 25.3 Å². The van der Waals surface area contributed by atoms with Crippen molar-refractivity contribution in [1.29, 1.82) is 0 Å². The fraction of sp³-hybridized carbons (Fsp3) is 0.600. The maximum absolute atomic E-state index is 6.13. The molecule has 0 bridgehead atoms. The van der Waals surface area contributed by atoms with E-state index >= 15 is 0 Å². The van der Waals surface area contributed by atoms with Crippen molar-refractivity contribution in [2.24, 2.45) is 0 Å². The number of ether oxygens (including phenoxy) is 10. The van der Waals surface area contributed by atoms with Crippen LogP contribution < -0.4 is 18.9 Å². The molecule has 0 unspecified atom stereocenters. The Kier molecular flexibility index (Phi) is 17.2. The highest BCUT2D eigenvalue weighted by Crippen LogP contribution is 2.27. The first-order valence-corrected chi connectivity index (χ1v) is 15.3. The van der Waals surface area contributed by atoms with Gasteiger partial charge in [0.1, 0.15) is 25.4 Å². The highest BCUT2D eigenvalue weighted by atomic mass is 32.1. The Hall–Kier alpha value is -1.90. The zero-order valence-electron chi connectivity index (χ0n) is 24.4. The lowest BCUT2D eigenvalue weighted by atomic mass is 10.2. The van der Waals surface area contributed by atoms with Crippen LogP contribution in [0.2, 0.25) is 0 Å². The molecule has 1 heterocycles. The molecule has 42 heavy (non-hydrogen) atoms. The third kappa shape index (κ3) is 12.0. The first-order chi connectivity index (χ1) is 20.7. The Bertz CT molecular complexity index is 907. The van der Waals surface area contributed by atoms with Crippen LogP contribution in [0, 0.1) is 0 Å². The van der Waals surface area contributed by atoms with E-state index in [9.17, 15) is 0 Å². The van der Waals surface area contributed by atoms with Gasteiger partial charge < -0.3 is 47.4 Å². The first kappa shape index (κ1) is 34.6. The molecule has 1 aliphatic rings. The van der Waals surface area contributed by atoms with E-state index in [1.807, 2.05) is 48.5 Å². The van der Waals surface area contributed by atoms with Gasteiger partial charge in [-0.25, -0.2) is 0 Å². The van der Waals surface area contributed by atoms with Gasteiger partial charge in [-0.2, -0.15) is 25.3 Å². The number of rotatable bonds is 10. The van der Waals surface area contributed by atoms with Crippen LogP contribution in [0.25, 0.3) is 0 Å². The first-order valence-electron chi connectivity index (χ1n) is 14.0. The standard InChI is InChI=1S/C30H44O10S2/c1-31-23-7-3-5-9-25(23)39-19-27-29(21-41)37-17-13-34-12-16-36-28(20-40-26-10-6-4-8-24(26)32-2)30(22-42)38-18-14-33-11-15-35-27/h3-10,27-30,41-42H,11-22H2,1-2H3/t27-,28-,29-,30-/m0/s1. The van der Waals surface area contributed by atoms with Crippen LogP contribution in [0.1, 0.15) is 0 Å². The Morgan fingerprint density at radius 3 is 1.19 bits per heavy atom. The summed E-state index contributed by atoms with van der Waals surface area (Å²) in [4.78, 5) is 0. The highest BCUT2D eigenvalue weighted by molar-refractivity contribution is 7.80. The van der Waals surface area contributed by atoms with E-state index in [-0.39, 0.29) is 37.6 Å². The molecule has 0 aromatic heterocycles. The molecular formula is C30H44O10S2. The number of methoxy groups -OCH3 is 2. The summed E-state index contributed by atoms with van der Waals surface area (Å²) in [6.07, 6.45) is -1.41. The molecule has 236 valence electrons. The molecule has 0 N–H and O–H groups in total.